The Morgan fingerprint density at radius 3 is 2.72 bits per heavy atom. The fourth-order valence-corrected chi connectivity index (χ4v) is 2.83. The third-order valence-corrected chi connectivity index (χ3v) is 4.31. The maximum absolute atomic E-state index is 11.6. The van der Waals surface area contributed by atoms with E-state index in [2.05, 4.69) is 25.4 Å². The van der Waals surface area contributed by atoms with E-state index in [-0.39, 0.29) is 5.91 Å². The summed E-state index contributed by atoms with van der Waals surface area (Å²) < 4.78 is 5.84. The Morgan fingerprint density at radius 2 is 2.00 bits per heavy atom. The highest BCUT2D eigenvalue weighted by atomic mass is 16.4. The second-order valence-corrected chi connectivity index (χ2v) is 6.17. The van der Waals surface area contributed by atoms with E-state index in [1.54, 1.807) is 0 Å². The van der Waals surface area contributed by atoms with Crippen LogP contribution in [0.5, 0.6) is 0 Å². The Bertz CT molecular complexity index is 765. The van der Waals surface area contributed by atoms with Crippen LogP contribution in [0.2, 0.25) is 0 Å². The van der Waals surface area contributed by atoms with Crippen LogP contribution < -0.4 is 15.5 Å². The van der Waals surface area contributed by atoms with Gasteiger partial charge in [0, 0.05) is 46.2 Å². The normalized spacial score (nSPS) is 15.4. The first-order chi connectivity index (χ1) is 12.0. The summed E-state index contributed by atoms with van der Waals surface area (Å²) in [5.74, 6) is -0.267. The number of benzene rings is 1. The number of imide groups is 1. The first kappa shape index (κ1) is 17.2. The molecule has 0 radical (unpaired) electrons. The first-order valence-electron chi connectivity index (χ1n) is 8.41. The number of aromatic nitrogens is 1. The van der Waals surface area contributed by atoms with E-state index in [9.17, 15) is 9.59 Å². The third-order valence-electron chi connectivity index (χ3n) is 4.31. The summed E-state index contributed by atoms with van der Waals surface area (Å²) in [4.78, 5) is 31.6. The maximum atomic E-state index is 11.6. The second-order valence-electron chi connectivity index (χ2n) is 6.17. The lowest BCUT2D eigenvalue weighted by atomic mass is 10.2. The molecule has 3 rings (SSSR count). The predicted molar refractivity (Wildman–Crippen MR) is 94.6 cm³/mol. The Hall–Kier alpha value is -2.61. The molecule has 0 spiro atoms. The fraction of sp³-hybridized carbons (Fsp3) is 0.471. The minimum absolute atomic E-state index is 0.267. The number of aryl methyl sites for hydroxylation is 1. The van der Waals surface area contributed by atoms with Gasteiger partial charge >= 0.3 is 6.03 Å². The number of hydrogen-bond acceptors (Lipinski definition) is 6. The number of nitrogens with one attached hydrogen (secondary N) is 2. The van der Waals surface area contributed by atoms with Gasteiger partial charge in [-0.15, -0.1) is 0 Å². The lowest BCUT2D eigenvalue weighted by Gasteiger charge is -2.33. The molecule has 8 heteroatoms. The molecular formula is C17H23N5O3. The van der Waals surface area contributed by atoms with Crippen LogP contribution in [-0.2, 0) is 4.79 Å². The SMILES string of the molecule is CNC(=O)NC(=O)CCN1CCN(c2nc3cc(C)ccc3o2)CC1. The van der Waals surface area contributed by atoms with Gasteiger partial charge in [-0.2, -0.15) is 4.98 Å². The van der Waals surface area contributed by atoms with Crippen LogP contribution in [0.25, 0.3) is 11.1 Å². The highest BCUT2D eigenvalue weighted by molar-refractivity contribution is 5.94. The molecule has 1 aliphatic rings. The zero-order chi connectivity index (χ0) is 17.8. The fourth-order valence-electron chi connectivity index (χ4n) is 2.83. The summed E-state index contributed by atoms with van der Waals surface area (Å²) in [6.07, 6.45) is 0.301. The minimum atomic E-state index is -0.471. The monoisotopic (exact) mass is 345 g/mol. The smallest absolute Gasteiger partial charge is 0.321 e. The van der Waals surface area contributed by atoms with Crippen molar-refractivity contribution in [1.29, 1.82) is 0 Å². The molecule has 0 bridgehead atoms. The number of hydrogen-bond donors (Lipinski definition) is 2. The summed E-state index contributed by atoms with van der Waals surface area (Å²) >= 11 is 0. The minimum Gasteiger partial charge on any atom is -0.423 e. The Labute approximate surface area is 146 Å². The summed E-state index contributed by atoms with van der Waals surface area (Å²) in [5, 5.41) is 4.64. The van der Waals surface area contributed by atoms with Gasteiger partial charge in [-0.1, -0.05) is 6.07 Å². The number of nitrogens with zero attached hydrogens (tertiary/aromatic N) is 3. The van der Waals surface area contributed by atoms with Gasteiger partial charge in [0.05, 0.1) is 0 Å². The van der Waals surface area contributed by atoms with Gasteiger partial charge in [-0.05, 0) is 24.6 Å². The number of anilines is 1. The van der Waals surface area contributed by atoms with E-state index in [4.69, 9.17) is 4.42 Å². The lowest BCUT2D eigenvalue weighted by molar-refractivity contribution is -0.120. The highest BCUT2D eigenvalue weighted by Crippen LogP contribution is 2.23. The van der Waals surface area contributed by atoms with E-state index >= 15 is 0 Å². The molecular weight excluding hydrogens is 322 g/mol. The van der Waals surface area contributed by atoms with Crippen molar-refractivity contribution in [2.24, 2.45) is 0 Å². The standard InChI is InChI=1S/C17H23N5O3/c1-12-3-4-14-13(11-12)19-17(25-14)22-9-7-21(8-10-22)6-5-15(23)20-16(24)18-2/h3-4,11H,5-10H2,1-2H3,(H2,18,20,23,24). The molecule has 2 N–H and O–H groups in total. The van der Waals surface area contributed by atoms with Crippen molar-refractivity contribution in [3.05, 3.63) is 23.8 Å². The quantitative estimate of drug-likeness (QED) is 0.862. The van der Waals surface area contributed by atoms with Crippen LogP contribution in [0.4, 0.5) is 10.8 Å². The molecule has 8 nitrogen and oxygen atoms in total. The summed E-state index contributed by atoms with van der Waals surface area (Å²) in [6, 6.07) is 6.16. The molecule has 3 amide bonds. The average molecular weight is 345 g/mol. The van der Waals surface area contributed by atoms with Gasteiger partial charge in [0.1, 0.15) is 5.52 Å². The van der Waals surface area contributed by atoms with E-state index in [1.165, 1.54) is 7.05 Å². The van der Waals surface area contributed by atoms with Gasteiger partial charge in [0.2, 0.25) is 5.91 Å². The van der Waals surface area contributed by atoms with Crippen molar-refractivity contribution in [1.82, 2.24) is 20.5 Å². The molecule has 0 aliphatic carbocycles. The largest absolute Gasteiger partial charge is 0.423 e. The van der Waals surface area contributed by atoms with Gasteiger partial charge in [-0.3, -0.25) is 15.0 Å². The maximum Gasteiger partial charge on any atom is 0.321 e. The van der Waals surface area contributed by atoms with Crippen LogP contribution in [0.3, 0.4) is 0 Å². The number of piperazine rings is 1. The van der Waals surface area contributed by atoms with Crippen molar-refractivity contribution in [2.75, 3.05) is 44.7 Å². The van der Waals surface area contributed by atoms with E-state index in [0.29, 0.717) is 19.0 Å². The van der Waals surface area contributed by atoms with Crippen LogP contribution in [0.15, 0.2) is 22.6 Å². The Kier molecular flexibility index (Phi) is 5.18. The molecule has 1 aromatic heterocycles. The lowest BCUT2D eigenvalue weighted by Crippen LogP contribution is -2.47. The van der Waals surface area contributed by atoms with Gasteiger partial charge in [0.25, 0.3) is 6.01 Å². The number of urea groups is 1. The van der Waals surface area contributed by atoms with Crippen LogP contribution in [0.1, 0.15) is 12.0 Å². The van der Waals surface area contributed by atoms with Crippen molar-refractivity contribution < 1.29 is 14.0 Å². The number of rotatable bonds is 4. The highest BCUT2D eigenvalue weighted by Gasteiger charge is 2.21. The van der Waals surface area contributed by atoms with Crippen molar-refractivity contribution in [2.45, 2.75) is 13.3 Å². The van der Waals surface area contributed by atoms with Gasteiger partial charge < -0.3 is 14.6 Å². The van der Waals surface area contributed by atoms with Crippen LogP contribution >= 0.6 is 0 Å². The molecule has 2 heterocycles. The zero-order valence-electron chi connectivity index (χ0n) is 14.5. The van der Waals surface area contributed by atoms with Crippen LogP contribution in [0, 0.1) is 6.92 Å². The summed E-state index contributed by atoms with van der Waals surface area (Å²) in [7, 11) is 1.48. The zero-order valence-corrected chi connectivity index (χ0v) is 14.5. The van der Waals surface area contributed by atoms with Gasteiger partial charge in [-0.25, -0.2) is 4.79 Å². The topological polar surface area (TPSA) is 90.7 Å². The van der Waals surface area contributed by atoms with Crippen molar-refractivity contribution in [3.63, 3.8) is 0 Å². The molecule has 0 atom stereocenters. The van der Waals surface area contributed by atoms with Crippen LogP contribution in [-0.4, -0.2) is 61.6 Å². The molecule has 1 fully saturated rings. The van der Waals surface area contributed by atoms with E-state index in [0.717, 1.165) is 42.8 Å². The summed E-state index contributed by atoms with van der Waals surface area (Å²) in [5.41, 5.74) is 2.84. The summed E-state index contributed by atoms with van der Waals surface area (Å²) in [6.45, 7) is 5.90. The third kappa shape index (κ3) is 4.27. The number of oxazole rings is 1. The molecule has 25 heavy (non-hydrogen) atoms. The molecule has 1 aliphatic heterocycles. The predicted octanol–water partition coefficient (Wildman–Crippen LogP) is 1.10. The number of amides is 3. The number of fused-ring (bicyclic) bond motifs is 1. The van der Waals surface area contributed by atoms with E-state index < -0.39 is 6.03 Å². The number of carbonyl (C=O) groups is 2. The van der Waals surface area contributed by atoms with E-state index in [1.807, 2.05) is 25.1 Å². The second kappa shape index (κ2) is 7.52. The molecule has 1 aromatic carbocycles. The molecule has 134 valence electrons. The molecule has 0 saturated carbocycles. The molecule has 1 saturated heterocycles. The Morgan fingerprint density at radius 1 is 1.24 bits per heavy atom. The van der Waals surface area contributed by atoms with Crippen molar-refractivity contribution >= 4 is 29.1 Å². The Balaban J connectivity index is 1.49. The van der Waals surface area contributed by atoms with Crippen molar-refractivity contribution in [3.8, 4) is 0 Å². The molecule has 0 unspecified atom stereocenters. The number of carbonyl (C=O) groups excluding carboxylic acids is 2. The molecule has 2 aromatic rings. The average Bonchev–Trinajstić information content (AvgIpc) is 3.03. The first-order valence-corrected chi connectivity index (χ1v) is 8.41. The van der Waals surface area contributed by atoms with Gasteiger partial charge in [0.15, 0.2) is 5.58 Å².